The van der Waals surface area contributed by atoms with E-state index >= 15 is 0 Å². The van der Waals surface area contributed by atoms with Crippen molar-refractivity contribution in [2.45, 2.75) is 26.2 Å². The van der Waals surface area contributed by atoms with Crippen molar-refractivity contribution in [1.29, 1.82) is 0 Å². The standard InChI is InChI=1S/C15H18O6/c1-8(7-12(15(20)21)9(2)13(16)17)10-3-5-11(6-4-10)14(18)19/h3-6,8-9,12H,7H2,1-2H3,(H,16,17)(H,18,19)(H,20,21). The maximum Gasteiger partial charge on any atom is 0.335 e. The van der Waals surface area contributed by atoms with Gasteiger partial charge in [0.05, 0.1) is 17.4 Å². The molecule has 1 aromatic carbocycles. The van der Waals surface area contributed by atoms with Crippen LogP contribution in [0.3, 0.4) is 0 Å². The normalized spacial score (nSPS) is 15.0. The lowest BCUT2D eigenvalue weighted by Gasteiger charge is -2.21. The smallest absolute Gasteiger partial charge is 0.335 e. The molecule has 0 heterocycles. The van der Waals surface area contributed by atoms with Crippen molar-refractivity contribution in [2.24, 2.45) is 11.8 Å². The van der Waals surface area contributed by atoms with Gasteiger partial charge >= 0.3 is 17.9 Å². The van der Waals surface area contributed by atoms with E-state index in [0.717, 1.165) is 5.56 Å². The molecule has 0 aliphatic rings. The molecule has 21 heavy (non-hydrogen) atoms. The molecule has 0 radical (unpaired) electrons. The fourth-order valence-electron chi connectivity index (χ4n) is 2.16. The first-order valence-corrected chi connectivity index (χ1v) is 6.53. The molecule has 0 bridgehead atoms. The molecule has 6 nitrogen and oxygen atoms in total. The number of carbonyl (C=O) groups is 3. The molecule has 0 saturated heterocycles. The van der Waals surface area contributed by atoms with Gasteiger partial charge < -0.3 is 15.3 Å². The number of rotatable bonds is 7. The predicted molar refractivity (Wildman–Crippen MR) is 74.4 cm³/mol. The van der Waals surface area contributed by atoms with Gasteiger partial charge in [-0.15, -0.1) is 0 Å². The van der Waals surface area contributed by atoms with Crippen LogP contribution in [0.15, 0.2) is 24.3 Å². The Balaban J connectivity index is 2.86. The number of carboxylic acid groups (broad SMARTS) is 3. The van der Waals surface area contributed by atoms with Gasteiger partial charge in [-0.3, -0.25) is 9.59 Å². The van der Waals surface area contributed by atoms with Gasteiger partial charge in [0.25, 0.3) is 0 Å². The number of hydrogen-bond donors (Lipinski definition) is 3. The summed E-state index contributed by atoms with van der Waals surface area (Å²) in [4.78, 5) is 32.9. The second kappa shape index (κ2) is 6.88. The molecule has 3 atom stereocenters. The van der Waals surface area contributed by atoms with E-state index in [9.17, 15) is 14.4 Å². The van der Waals surface area contributed by atoms with E-state index in [1.807, 2.05) is 0 Å². The molecule has 3 unspecified atom stereocenters. The molecular weight excluding hydrogens is 276 g/mol. The Hall–Kier alpha value is -2.37. The van der Waals surface area contributed by atoms with Gasteiger partial charge in [-0.05, 0) is 30.0 Å². The van der Waals surface area contributed by atoms with Crippen LogP contribution in [0.25, 0.3) is 0 Å². The van der Waals surface area contributed by atoms with Gasteiger partial charge in [0, 0.05) is 0 Å². The quantitative estimate of drug-likeness (QED) is 0.711. The topological polar surface area (TPSA) is 112 Å². The molecule has 0 saturated carbocycles. The van der Waals surface area contributed by atoms with Crippen molar-refractivity contribution in [3.63, 3.8) is 0 Å². The molecule has 1 aromatic rings. The third-order valence-electron chi connectivity index (χ3n) is 3.64. The number of aliphatic carboxylic acids is 2. The Morgan fingerprint density at radius 2 is 1.48 bits per heavy atom. The largest absolute Gasteiger partial charge is 0.481 e. The Labute approximate surface area is 122 Å². The van der Waals surface area contributed by atoms with Crippen LogP contribution >= 0.6 is 0 Å². The lowest BCUT2D eigenvalue weighted by Crippen LogP contribution is -2.28. The van der Waals surface area contributed by atoms with Gasteiger partial charge in [-0.1, -0.05) is 26.0 Å². The number of hydrogen-bond acceptors (Lipinski definition) is 3. The maximum absolute atomic E-state index is 11.2. The van der Waals surface area contributed by atoms with E-state index in [4.69, 9.17) is 15.3 Å². The third-order valence-corrected chi connectivity index (χ3v) is 3.64. The van der Waals surface area contributed by atoms with E-state index < -0.39 is 29.7 Å². The van der Waals surface area contributed by atoms with Crippen LogP contribution in [-0.2, 0) is 9.59 Å². The highest BCUT2D eigenvalue weighted by atomic mass is 16.4. The van der Waals surface area contributed by atoms with Crippen molar-refractivity contribution in [3.8, 4) is 0 Å². The number of carboxylic acids is 3. The molecule has 0 aromatic heterocycles. The van der Waals surface area contributed by atoms with Gasteiger partial charge in [-0.2, -0.15) is 0 Å². The molecule has 0 fully saturated rings. The molecule has 0 amide bonds. The average Bonchev–Trinajstić information content (AvgIpc) is 2.43. The predicted octanol–water partition coefficient (Wildman–Crippen LogP) is 2.30. The second-order valence-electron chi connectivity index (χ2n) is 5.14. The van der Waals surface area contributed by atoms with Crippen molar-refractivity contribution in [2.75, 3.05) is 0 Å². The molecule has 0 aliphatic carbocycles. The van der Waals surface area contributed by atoms with E-state index in [1.165, 1.54) is 19.1 Å². The third kappa shape index (κ3) is 4.30. The Morgan fingerprint density at radius 1 is 0.952 bits per heavy atom. The zero-order chi connectivity index (χ0) is 16.2. The summed E-state index contributed by atoms with van der Waals surface area (Å²) in [5, 5.41) is 26.9. The van der Waals surface area contributed by atoms with E-state index in [-0.39, 0.29) is 17.9 Å². The summed E-state index contributed by atoms with van der Waals surface area (Å²) >= 11 is 0. The summed E-state index contributed by atoms with van der Waals surface area (Å²) in [5.74, 6) is -5.47. The average molecular weight is 294 g/mol. The molecule has 114 valence electrons. The van der Waals surface area contributed by atoms with Gasteiger partial charge in [0.1, 0.15) is 0 Å². The lowest BCUT2D eigenvalue weighted by molar-refractivity contribution is -0.153. The Morgan fingerprint density at radius 3 is 1.86 bits per heavy atom. The Kier molecular flexibility index (Phi) is 5.46. The van der Waals surface area contributed by atoms with E-state index in [0.29, 0.717) is 0 Å². The summed E-state index contributed by atoms with van der Waals surface area (Å²) in [5.41, 5.74) is 0.934. The van der Waals surface area contributed by atoms with Gasteiger partial charge in [0.15, 0.2) is 0 Å². The summed E-state index contributed by atoms with van der Waals surface area (Å²) in [7, 11) is 0. The first kappa shape index (κ1) is 16.7. The Bertz CT molecular complexity index is 534. The van der Waals surface area contributed by atoms with Crippen molar-refractivity contribution in [1.82, 2.24) is 0 Å². The highest BCUT2D eigenvalue weighted by molar-refractivity contribution is 5.87. The lowest BCUT2D eigenvalue weighted by atomic mass is 9.83. The fraction of sp³-hybridized carbons (Fsp3) is 0.400. The molecule has 1 rings (SSSR count). The zero-order valence-electron chi connectivity index (χ0n) is 11.8. The molecule has 0 aliphatic heterocycles. The first-order chi connectivity index (χ1) is 9.73. The minimum atomic E-state index is -1.14. The summed E-state index contributed by atoms with van der Waals surface area (Å²) in [6.07, 6.45) is 0.176. The summed E-state index contributed by atoms with van der Waals surface area (Å²) in [6, 6.07) is 6.14. The van der Waals surface area contributed by atoms with Crippen LogP contribution in [0.5, 0.6) is 0 Å². The molecule has 6 heteroatoms. The van der Waals surface area contributed by atoms with Crippen molar-refractivity contribution >= 4 is 17.9 Å². The van der Waals surface area contributed by atoms with Crippen LogP contribution in [-0.4, -0.2) is 33.2 Å². The van der Waals surface area contributed by atoms with Crippen LogP contribution in [0.4, 0.5) is 0 Å². The molecule has 3 N–H and O–H groups in total. The van der Waals surface area contributed by atoms with Crippen LogP contribution in [0.1, 0.15) is 42.1 Å². The molecular formula is C15H18O6. The molecule has 0 spiro atoms. The van der Waals surface area contributed by atoms with Gasteiger partial charge in [0.2, 0.25) is 0 Å². The van der Waals surface area contributed by atoms with Crippen LogP contribution in [0.2, 0.25) is 0 Å². The SMILES string of the molecule is CC(CC(C(=O)O)C(C)C(=O)O)c1ccc(C(=O)O)cc1. The van der Waals surface area contributed by atoms with Crippen LogP contribution < -0.4 is 0 Å². The monoisotopic (exact) mass is 294 g/mol. The first-order valence-electron chi connectivity index (χ1n) is 6.53. The zero-order valence-corrected chi connectivity index (χ0v) is 11.8. The maximum atomic E-state index is 11.2. The summed E-state index contributed by atoms with van der Waals surface area (Å²) in [6.45, 7) is 3.17. The van der Waals surface area contributed by atoms with E-state index in [1.54, 1.807) is 19.1 Å². The van der Waals surface area contributed by atoms with Crippen molar-refractivity contribution in [3.05, 3.63) is 35.4 Å². The highest BCUT2D eigenvalue weighted by Gasteiger charge is 2.31. The second-order valence-corrected chi connectivity index (χ2v) is 5.14. The van der Waals surface area contributed by atoms with Crippen molar-refractivity contribution < 1.29 is 29.7 Å². The number of benzene rings is 1. The number of aromatic carboxylic acids is 1. The van der Waals surface area contributed by atoms with Crippen LogP contribution in [0, 0.1) is 11.8 Å². The minimum Gasteiger partial charge on any atom is -0.481 e. The van der Waals surface area contributed by atoms with E-state index in [2.05, 4.69) is 0 Å². The fourth-order valence-corrected chi connectivity index (χ4v) is 2.16. The summed E-state index contributed by atoms with van der Waals surface area (Å²) < 4.78 is 0. The highest BCUT2D eigenvalue weighted by Crippen LogP contribution is 2.28. The minimum absolute atomic E-state index is 0.152. The van der Waals surface area contributed by atoms with Gasteiger partial charge in [-0.25, -0.2) is 4.79 Å².